The van der Waals surface area contributed by atoms with Crippen molar-refractivity contribution >= 4 is 16.7 Å². The van der Waals surface area contributed by atoms with E-state index < -0.39 is 0 Å². The third-order valence-electron chi connectivity index (χ3n) is 3.39. The summed E-state index contributed by atoms with van der Waals surface area (Å²) in [5.41, 5.74) is 0.680. The van der Waals surface area contributed by atoms with Crippen LogP contribution in [-0.2, 0) is 4.74 Å². The van der Waals surface area contributed by atoms with E-state index in [1.54, 1.807) is 18.2 Å². The summed E-state index contributed by atoms with van der Waals surface area (Å²) in [5.74, 6) is 0.239. The Balaban J connectivity index is 2.02. The van der Waals surface area contributed by atoms with Gasteiger partial charge >= 0.3 is 0 Å². The van der Waals surface area contributed by atoms with Crippen molar-refractivity contribution in [1.82, 2.24) is 4.90 Å². The average molecular weight is 257 g/mol. The first-order chi connectivity index (χ1) is 9.25. The predicted octanol–water partition coefficient (Wildman–Crippen LogP) is 2.02. The number of ether oxygens (including phenoxy) is 1. The molecule has 2 aromatic rings. The van der Waals surface area contributed by atoms with Gasteiger partial charge in [-0.25, -0.2) is 0 Å². The fourth-order valence-electron chi connectivity index (χ4n) is 2.39. The van der Waals surface area contributed by atoms with Crippen LogP contribution < -0.4 is 0 Å². The molecule has 4 heteroatoms. The SMILES string of the molecule is O=C(c1cccc2cc(O)ccc12)N1CCOCC1. The van der Waals surface area contributed by atoms with E-state index in [2.05, 4.69) is 0 Å². The van der Waals surface area contributed by atoms with E-state index in [0.717, 1.165) is 10.8 Å². The maximum Gasteiger partial charge on any atom is 0.254 e. The Labute approximate surface area is 111 Å². The van der Waals surface area contributed by atoms with Crippen LogP contribution in [0.5, 0.6) is 5.75 Å². The van der Waals surface area contributed by atoms with Crippen LogP contribution in [0.25, 0.3) is 10.8 Å². The Bertz CT molecular complexity index is 618. The summed E-state index contributed by atoms with van der Waals surface area (Å²) in [5, 5.41) is 11.2. The predicted molar refractivity (Wildman–Crippen MR) is 72.3 cm³/mol. The van der Waals surface area contributed by atoms with Gasteiger partial charge in [-0.15, -0.1) is 0 Å². The third-order valence-corrected chi connectivity index (χ3v) is 3.39. The molecule has 0 aromatic heterocycles. The number of morpholine rings is 1. The summed E-state index contributed by atoms with van der Waals surface area (Å²) in [6.45, 7) is 2.45. The lowest BCUT2D eigenvalue weighted by Crippen LogP contribution is -2.40. The molecule has 0 spiro atoms. The zero-order valence-corrected chi connectivity index (χ0v) is 10.5. The minimum atomic E-state index is 0.0274. The van der Waals surface area contributed by atoms with Crippen molar-refractivity contribution in [1.29, 1.82) is 0 Å². The van der Waals surface area contributed by atoms with Gasteiger partial charge in [-0.05, 0) is 35.0 Å². The Morgan fingerprint density at radius 3 is 2.74 bits per heavy atom. The van der Waals surface area contributed by atoms with Gasteiger partial charge in [-0.1, -0.05) is 12.1 Å². The zero-order chi connectivity index (χ0) is 13.2. The van der Waals surface area contributed by atoms with Gasteiger partial charge in [0.2, 0.25) is 0 Å². The van der Waals surface area contributed by atoms with Gasteiger partial charge in [0.1, 0.15) is 5.75 Å². The zero-order valence-electron chi connectivity index (χ0n) is 10.5. The Morgan fingerprint density at radius 1 is 1.16 bits per heavy atom. The molecule has 0 saturated carbocycles. The van der Waals surface area contributed by atoms with Crippen molar-refractivity contribution in [2.75, 3.05) is 26.3 Å². The number of aromatic hydroxyl groups is 1. The van der Waals surface area contributed by atoms with Crippen LogP contribution in [0.2, 0.25) is 0 Å². The third kappa shape index (κ3) is 2.27. The van der Waals surface area contributed by atoms with E-state index in [-0.39, 0.29) is 11.7 Å². The molecule has 1 fully saturated rings. The molecule has 0 aliphatic carbocycles. The molecule has 0 unspecified atom stereocenters. The largest absolute Gasteiger partial charge is 0.508 e. The van der Waals surface area contributed by atoms with E-state index in [9.17, 15) is 9.90 Å². The number of hydrogen-bond donors (Lipinski definition) is 1. The highest BCUT2D eigenvalue weighted by atomic mass is 16.5. The van der Waals surface area contributed by atoms with E-state index in [1.165, 1.54) is 0 Å². The highest BCUT2D eigenvalue weighted by Crippen LogP contribution is 2.24. The van der Waals surface area contributed by atoms with Crippen LogP contribution in [0.15, 0.2) is 36.4 Å². The second-order valence-corrected chi connectivity index (χ2v) is 4.62. The summed E-state index contributed by atoms with van der Waals surface area (Å²) in [6.07, 6.45) is 0. The lowest BCUT2D eigenvalue weighted by Gasteiger charge is -2.27. The standard InChI is InChI=1S/C15H15NO3/c17-12-4-5-13-11(10-12)2-1-3-14(13)15(18)16-6-8-19-9-7-16/h1-5,10,17H,6-9H2. The van der Waals surface area contributed by atoms with Gasteiger partial charge in [0.15, 0.2) is 0 Å². The highest BCUT2D eigenvalue weighted by Gasteiger charge is 2.20. The number of amides is 1. The van der Waals surface area contributed by atoms with E-state index in [4.69, 9.17) is 4.74 Å². The van der Waals surface area contributed by atoms with Crippen molar-refractivity contribution in [3.8, 4) is 5.75 Å². The Morgan fingerprint density at radius 2 is 1.95 bits per heavy atom. The van der Waals surface area contributed by atoms with Crippen molar-refractivity contribution in [2.45, 2.75) is 0 Å². The van der Waals surface area contributed by atoms with Crippen molar-refractivity contribution in [3.63, 3.8) is 0 Å². The van der Waals surface area contributed by atoms with Gasteiger partial charge in [-0.2, -0.15) is 0 Å². The topological polar surface area (TPSA) is 49.8 Å². The average Bonchev–Trinajstić information content (AvgIpc) is 2.46. The smallest absolute Gasteiger partial charge is 0.254 e. The maximum atomic E-state index is 12.5. The number of benzene rings is 2. The van der Waals surface area contributed by atoms with Crippen LogP contribution in [0, 0.1) is 0 Å². The molecule has 1 N–H and O–H groups in total. The molecule has 0 radical (unpaired) electrons. The molecule has 0 bridgehead atoms. The van der Waals surface area contributed by atoms with Crippen LogP contribution in [0.3, 0.4) is 0 Å². The van der Waals surface area contributed by atoms with Gasteiger partial charge in [-0.3, -0.25) is 4.79 Å². The van der Waals surface area contributed by atoms with E-state index in [1.807, 2.05) is 23.1 Å². The molecule has 1 saturated heterocycles. The van der Waals surface area contributed by atoms with Gasteiger partial charge in [0.05, 0.1) is 13.2 Å². The first kappa shape index (κ1) is 12.0. The lowest BCUT2D eigenvalue weighted by molar-refractivity contribution is 0.0304. The normalized spacial score (nSPS) is 15.7. The van der Waals surface area contributed by atoms with Gasteiger partial charge in [0, 0.05) is 18.7 Å². The maximum absolute atomic E-state index is 12.5. The Kier molecular flexibility index (Phi) is 3.09. The van der Waals surface area contributed by atoms with Crippen molar-refractivity contribution in [3.05, 3.63) is 42.0 Å². The number of phenolic OH excluding ortho intramolecular Hbond substituents is 1. The number of fused-ring (bicyclic) bond motifs is 1. The van der Waals surface area contributed by atoms with Crippen LogP contribution >= 0.6 is 0 Å². The molecule has 19 heavy (non-hydrogen) atoms. The minimum absolute atomic E-state index is 0.0274. The highest BCUT2D eigenvalue weighted by molar-refractivity contribution is 6.07. The van der Waals surface area contributed by atoms with Crippen molar-refractivity contribution < 1.29 is 14.6 Å². The van der Waals surface area contributed by atoms with Crippen molar-refractivity contribution in [2.24, 2.45) is 0 Å². The summed E-state index contributed by atoms with van der Waals surface area (Å²) < 4.78 is 5.26. The number of rotatable bonds is 1. The second-order valence-electron chi connectivity index (χ2n) is 4.62. The van der Waals surface area contributed by atoms with Crippen LogP contribution in [-0.4, -0.2) is 42.2 Å². The number of hydrogen-bond acceptors (Lipinski definition) is 3. The molecular formula is C15H15NO3. The summed E-state index contributed by atoms with van der Waals surface area (Å²) in [4.78, 5) is 14.3. The molecule has 3 rings (SSSR count). The van der Waals surface area contributed by atoms with Crippen LogP contribution in [0.1, 0.15) is 10.4 Å². The minimum Gasteiger partial charge on any atom is -0.508 e. The molecule has 1 aliphatic rings. The molecule has 1 heterocycles. The quantitative estimate of drug-likeness (QED) is 0.850. The van der Waals surface area contributed by atoms with E-state index in [0.29, 0.717) is 31.9 Å². The second kappa shape index (κ2) is 4.90. The number of carbonyl (C=O) groups excluding carboxylic acids is 1. The summed E-state index contributed by atoms with van der Waals surface area (Å²) in [7, 11) is 0. The fraction of sp³-hybridized carbons (Fsp3) is 0.267. The Hall–Kier alpha value is -2.07. The van der Waals surface area contributed by atoms with Gasteiger partial charge in [0.25, 0.3) is 5.91 Å². The van der Waals surface area contributed by atoms with E-state index >= 15 is 0 Å². The summed E-state index contributed by atoms with van der Waals surface area (Å²) in [6, 6.07) is 10.6. The molecule has 4 nitrogen and oxygen atoms in total. The fourth-order valence-corrected chi connectivity index (χ4v) is 2.39. The molecule has 1 aliphatic heterocycles. The molecule has 1 amide bonds. The first-order valence-corrected chi connectivity index (χ1v) is 6.34. The molecule has 98 valence electrons. The summed E-state index contributed by atoms with van der Waals surface area (Å²) >= 11 is 0. The lowest BCUT2D eigenvalue weighted by atomic mass is 10.0. The van der Waals surface area contributed by atoms with Crippen LogP contribution in [0.4, 0.5) is 0 Å². The first-order valence-electron chi connectivity index (χ1n) is 6.34. The number of phenols is 1. The molecule has 0 atom stereocenters. The molecular weight excluding hydrogens is 242 g/mol. The monoisotopic (exact) mass is 257 g/mol. The van der Waals surface area contributed by atoms with Gasteiger partial charge < -0.3 is 14.7 Å². The molecule has 2 aromatic carbocycles. The number of nitrogens with zero attached hydrogens (tertiary/aromatic N) is 1. The number of carbonyl (C=O) groups is 1.